The number of anilines is 2. The van der Waals surface area contributed by atoms with Crippen LogP contribution < -0.4 is 15.5 Å². The largest absolute Gasteiger partial charge is 0.350 e. The molecule has 0 aliphatic heterocycles. The first kappa shape index (κ1) is 25.3. The van der Waals surface area contributed by atoms with E-state index in [1.165, 1.54) is 4.90 Å². The summed E-state index contributed by atoms with van der Waals surface area (Å²) in [5, 5.41) is 5.52. The Morgan fingerprint density at radius 2 is 1.53 bits per heavy atom. The molecule has 2 N–H and O–H groups in total. The molecule has 1 atom stereocenters. The lowest BCUT2D eigenvalue weighted by Gasteiger charge is -2.27. The maximum absolute atomic E-state index is 13.0. The summed E-state index contributed by atoms with van der Waals surface area (Å²) in [4.78, 5) is 39.1. The van der Waals surface area contributed by atoms with E-state index in [0.717, 1.165) is 11.1 Å². The number of hydrogen-bond donors (Lipinski definition) is 2. The molecule has 2 aromatic carbocycles. The molecule has 0 aromatic heterocycles. The van der Waals surface area contributed by atoms with E-state index in [9.17, 15) is 18.6 Å². The van der Waals surface area contributed by atoms with E-state index in [-0.39, 0.29) is 24.0 Å². The van der Waals surface area contributed by atoms with E-state index in [1.807, 2.05) is 58.9 Å². The SMILES string of the molecule is Cc1ccc(NC(=O)C[S@@](=O)CC(=O)N(CC(=O)NC(C)(C)C)c2ccccc2C)cc1. The van der Waals surface area contributed by atoms with Crippen LogP contribution in [0.25, 0.3) is 0 Å². The first-order valence-corrected chi connectivity index (χ1v) is 11.8. The van der Waals surface area contributed by atoms with Crippen molar-refractivity contribution in [3.8, 4) is 0 Å². The standard InChI is InChI=1S/C24H31N3O4S/c1-17-10-12-19(13-11-17)25-22(29)15-32(31)16-23(30)27(14-21(28)26-24(3,4)5)20-9-7-6-8-18(20)2/h6-13H,14-16H2,1-5H3,(H,25,29)(H,26,28)/t32-/m1/s1. The molecule has 8 heteroatoms. The normalized spacial score (nSPS) is 12.0. The minimum atomic E-state index is -1.73. The van der Waals surface area contributed by atoms with Gasteiger partial charge in [0.05, 0.1) is 0 Å². The van der Waals surface area contributed by atoms with Crippen molar-refractivity contribution in [1.29, 1.82) is 0 Å². The van der Waals surface area contributed by atoms with Gasteiger partial charge in [-0.15, -0.1) is 0 Å². The molecule has 2 rings (SSSR count). The fourth-order valence-corrected chi connectivity index (χ4v) is 3.92. The molecule has 2 aromatic rings. The second-order valence-electron chi connectivity index (χ2n) is 8.71. The van der Waals surface area contributed by atoms with Crippen LogP contribution >= 0.6 is 0 Å². The van der Waals surface area contributed by atoms with Crippen molar-refractivity contribution in [1.82, 2.24) is 5.32 Å². The Labute approximate surface area is 192 Å². The van der Waals surface area contributed by atoms with Crippen LogP contribution in [0, 0.1) is 13.8 Å². The van der Waals surface area contributed by atoms with E-state index in [0.29, 0.717) is 11.4 Å². The molecule has 32 heavy (non-hydrogen) atoms. The second kappa shape index (κ2) is 11.0. The summed E-state index contributed by atoms with van der Waals surface area (Å²) in [5.74, 6) is -1.91. The second-order valence-corrected chi connectivity index (χ2v) is 10.2. The fraction of sp³-hybridized carbons (Fsp3) is 0.375. The minimum absolute atomic E-state index is 0.201. The summed E-state index contributed by atoms with van der Waals surface area (Å²) in [6, 6.07) is 14.4. The predicted molar refractivity (Wildman–Crippen MR) is 129 cm³/mol. The third-order valence-electron chi connectivity index (χ3n) is 4.44. The summed E-state index contributed by atoms with van der Waals surface area (Å²) >= 11 is 0. The van der Waals surface area contributed by atoms with Gasteiger partial charge in [-0.2, -0.15) is 0 Å². The summed E-state index contributed by atoms with van der Waals surface area (Å²) in [6.45, 7) is 9.14. The molecular weight excluding hydrogens is 426 g/mol. The third-order valence-corrected chi connectivity index (χ3v) is 5.59. The lowest BCUT2D eigenvalue weighted by molar-refractivity contribution is -0.124. The zero-order valence-electron chi connectivity index (χ0n) is 19.2. The van der Waals surface area contributed by atoms with Gasteiger partial charge in [-0.05, 0) is 58.4 Å². The molecule has 0 aliphatic carbocycles. The molecule has 0 unspecified atom stereocenters. The Kier molecular flexibility index (Phi) is 8.72. The number of para-hydroxylation sites is 1. The number of benzene rings is 2. The Morgan fingerprint density at radius 3 is 2.12 bits per heavy atom. The summed E-state index contributed by atoms with van der Waals surface area (Å²) in [6.07, 6.45) is 0. The molecule has 0 radical (unpaired) electrons. The van der Waals surface area contributed by atoms with Crippen molar-refractivity contribution in [3.05, 3.63) is 59.7 Å². The van der Waals surface area contributed by atoms with Crippen molar-refractivity contribution >= 4 is 39.9 Å². The van der Waals surface area contributed by atoms with Gasteiger partial charge in [0, 0.05) is 27.7 Å². The average Bonchev–Trinajstić information content (AvgIpc) is 2.67. The van der Waals surface area contributed by atoms with Crippen molar-refractivity contribution in [2.75, 3.05) is 28.3 Å². The van der Waals surface area contributed by atoms with Gasteiger partial charge >= 0.3 is 0 Å². The van der Waals surface area contributed by atoms with E-state index in [1.54, 1.807) is 24.3 Å². The lowest BCUT2D eigenvalue weighted by Crippen LogP contribution is -2.48. The van der Waals surface area contributed by atoms with Crippen molar-refractivity contribution < 1.29 is 18.6 Å². The van der Waals surface area contributed by atoms with Gasteiger partial charge in [0.2, 0.25) is 17.7 Å². The molecule has 0 heterocycles. The first-order valence-electron chi connectivity index (χ1n) is 10.3. The quantitative estimate of drug-likeness (QED) is 0.637. The lowest BCUT2D eigenvalue weighted by atomic mass is 10.1. The number of carbonyl (C=O) groups is 3. The maximum Gasteiger partial charge on any atom is 0.240 e. The van der Waals surface area contributed by atoms with Gasteiger partial charge in [0.1, 0.15) is 18.1 Å². The van der Waals surface area contributed by atoms with E-state index in [4.69, 9.17) is 0 Å². The Bertz CT molecular complexity index is 997. The highest BCUT2D eigenvalue weighted by atomic mass is 32.2. The average molecular weight is 458 g/mol. The number of carbonyl (C=O) groups excluding carboxylic acids is 3. The number of aryl methyl sites for hydroxylation is 2. The first-order chi connectivity index (χ1) is 14.9. The summed E-state index contributed by atoms with van der Waals surface area (Å²) < 4.78 is 12.5. The van der Waals surface area contributed by atoms with Crippen LogP contribution in [0.4, 0.5) is 11.4 Å². The zero-order chi connectivity index (χ0) is 23.9. The van der Waals surface area contributed by atoms with Crippen molar-refractivity contribution in [2.24, 2.45) is 0 Å². The number of nitrogens with one attached hydrogen (secondary N) is 2. The van der Waals surface area contributed by atoms with Gasteiger partial charge in [-0.1, -0.05) is 35.9 Å². The zero-order valence-corrected chi connectivity index (χ0v) is 20.0. The molecule has 0 aliphatic rings. The highest BCUT2D eigenvalue weighted by molar-refractivity contribution is 7.86. The minimum Gasteiger partial charge on any atom is -0.350 e. The van der Waals surface area contributed by atoms with Crippen LogP contribution in [-0.4, -0.2) is 45.5 Å². The van der Waals surface area contributed by atoms with Crippen LogP contribution in [0.3, 0.4) is 0 Å². The maximum atomic E-state index is 13.0. The highest BCUT2D eigenvalue weighted by Crippen LogP contribution is 2.20. The van der Waals surface area contributed by atoms with Crippen LogP contribution in [0.5, 0.6) is 0 Å². The van der Waals surface area contributed by atoms with E-state index >= 15 is 0 Å². The third kappa shape index (κ3) is 8.26. The van der Waals surface area contributed by atoms with Gasteiger partial charge in [0.15, 0.2) is 0 Å². The predicted octanol–water partition coefficient (Wildman–Crippen LogP) is 2.94. The van der Waals surface area contributed by atoms with Gasteiger partial charge in [0.25, 0.3) is 0 Å². The topological polar surface area (TPSA) is 95.6 Å². The fourth-order valence-electron chi connectivity index (χ4n) is 3.02. The van der Waals surface area contributed by atoms with Crippen LogP contribution in [0.1, 0.15) is 31.9 Å². The highest BCUT2D eigenvalue weighted by Gasteiger charge is 2.25. The number of rotatable bonds is 8. The molecule has 3 amide bonds. The van der Waals surface area contributed by atoms with Crippen LogP contribution in [-0.2, 0) is 25.2 Å². The number of hydrogen-bond acceptors (Lipinski definition) is 4. The molecular formula is C24H31N3O4S. The molecule has 7 nitrogen and oxygen atoms in total. The van der Waals surface area contributed by atoms with Gasteiger partial charge in [-0.25, -0.2) is 0 Å². The Morgan fingerprint density at radius 1 is 0.906 bits per heavy atom. The van der Waals surface area contributed by atoms with Crippen molar-refractivity contribution in [3.63, 3.8) is 0 Å². The Balaban J connectivity index is 2.07. The smallest absolute Gasteiger partial charge is 0.240 e. The number of nitrogens with zero attached hydrogens (tertiary/aromatic N) is 1. The Hall–Kier alpha value is -3.00. The molecule has 172 valence electrons. The van der Waals surface area contributed by atoms with E-state index < -0.39 is 28.2 Å². The van der Waals surface area contributed by atoms with Crippen molar-refractivity contribution in [2.45, 2.75) is 40.2 Å². The van der Waals surface area contributed by atoms with E-state index in [2.05, 4.69) is 10.6 Å². The monoisotopic (exact) mass is 457 g/mol. The summed E-state index contributed by atoms with van der Waals surface area (Å²) in [7, 11) is -1.73. The molecule has 0 saturated heterocycles. The van der Waals surface area contributed by atoms with Crippen LogP contribution in [0.15, 0.2) is 48.5 Å². The summed E-state index contributed by atoms with van der Waals surface area (Å²) in [5.41, 5.74) is 2.59. The molecule has 0 fully saturated rings. The molecule has 0 spiro atoms. The van der Waals surface area contributed by atoms with Gasteiger partial charge < -0.3 is 15.5 Å². The van der Waals surface area contributed by atoms with Crippen LogP contribution in [0.2, 0.25) is 0 Å². The van der Waals surface area contributed by atoms with Gasteiger partial charge in [-0.3, -0.25) is 18.6 Å². The molecule has 0 bridgehead atoms. The number of amides is 3. The molecule has 0 saturated carbocycles.